The first-order valence-corrected chi connectivity index (χ1v) is 9.26. The Bertz CT molecular complexity index is 380. The van der Waals surface area contributed by atoms with Gasteiger partial charge in [-0.1, -0.05) is 19.3 Å². The molecule has 0 aliphatic heterocycles. The fraction of sp³-hybridized carbons (Fsp3) is 0.944. The molecule has 0 aromatic heterocycles. The van der Waals surface area contributed by atoms with Crippen LogP contribution in [0.4, 0.5) is 0 Å². The highest BCUT2D eigenvalue weighted by Crippen LogP contribution is 2.56. The van der Waals surface area contributed by atoms with E-state index in [4.69, 9.17) is 5.73 Å². The molecule has 5 saturated carbocycles. The minimum atomic E-state index is 0.174. The van der Waals surface area contributed by atoms with Crippen molar-refractivity contribution in [2.24, 2.45) is 35.3 Å². The highest BCUT2D eigenvalue weighted by molar-refractivity contribution is 5.80. The molecular formula is C18H30N2O. The minimum absolute atomic E-state index is 0.174. The lowest BCUT2D eigenvalue weighted by molar-refractivity contribution is -0.139. The van der Waals surface area contributed by atoms with Crippen molar-refractivity contribution < 1.29 is 4.79 Å². The van der Waals surface area contributed by atoms with E-state index in [-0.39, 0.29) is 12.1 Å². The van der Waals surface area contributed by atoms with Crippen LogP contribution in [0.15, 0.2) is 0 Å². The first-order chi connectivity index (χ1) is 10.2. The van der Waals surface area contributed by atoms with Crippen LogP contribution in [0.1, 0.15) is 64.2 Å². The predicted molar refractivity (Wildman–Crippen MR) is 83.5 cm³/mol. The average Bonchev–Trinajstić information content (AvgIpc) is 2.63. The average molecular weight is 290 g/mol. The number of nitrogens with two attached hydrogens (primary N) is 1. The summed E-state index contributed by atoms with van der Waals surface area (Å²) in [7, 11) is 0. The topological polar surface area (TPSA) is 55.1 Å². The van der Waals surface area contributed by atoms with E-state index in [0.717, 1.165) is 24.7 Å². The standard InChI is InChI=1S/C18H30N2O/c19-15-4-2-1-3-5-16(15)20-18(21)17-13-7-11-6-12(9-13)10-14(17)8-11/h11-17H,1-10,19H2,(H,20,21). The van der Waals surface area contributed by atoms with Gasteiger partial charge in [0.05, 0.1) is 0 Å². The third-order valence-corrected chi connectivity index (χ3v) is 6.93. The van der Waals surface area contributed by atoms with E-state index in [9.17, 15) is 4.79 Å². The third-order valence-electron chi connectivity index (χ3n) is 6.93. The van der Waals surface area contributed by atoms with Gasteiger partial charge in [0.2, 0.25) is 5.91 Å². The number of carbonyl (C=O) groups is 1. The molecule has 4 bridgehead atoms. The smallest absolute Gasteiger partial charge is 0.223 e. The summed E-state index contributed by atoms with van der Waals surface area (Å²) in [6, 6.07) is 0.408. The molecule has 0 heterocycles. The molecule has 0 spiro atoms. The maximum Gasteiger partial charge on any atom is 0.223 e. The highest BCUT2D eigenvalue weighted by atomic mass is 16.2. The second-order valence-corrected chi connectivity index (χ2v) is 8.37. The normalized spacial score (nSPS) is 48.9. The molecule has 0 saturated heterocycles. The number of hydrogen-bond acceptors (Lipinski definition) is 2. The Balaban J connectivity index is 1.43. The van der Waals surface area contributed by atoms with Crippen LogP contribution in [-0.4, -0.2) is 18.0 Å². The van der Waals surface area contributed by atoms with E-state index in [0.29, 0.717) is 23.7 Å². The molecule has 1 amide bonds. The van der Waals surface area contributed by atoms with Crippen LogP contribution < -0.4 is 11.1 Å². The van der Waals surface area contributed by atoms with Gasteiger partial charge in [-0.05, 0) is 68.6 Å². The summed E-state index contributed by atoms with van der Waals surface area (Å²) >= 11 is 0. The molecular weight excluding hydrogens is 260 g/mol. The summed E-state index contributed by atoms with van der Waals surface area (Å²) in [5.74, 6) is 3.92. The van der Waals surface area contributed by atoms with Gasteiger partial charge in [0.15, 0.2) is 0 Å². The van der Waals surface area contributed by atoms with Crippen LogP contribution in [-0.2, 0) is 4.79 Å². The first-order valence-electron chi connectivity index (χ1n) is 9.26. The molecule has 118 valence electrons. The molecule has 3 heteroatoms. The van der Waals surface area contributed by atoms with Gasteiger partial charge in [-0.3, -0.25) is 4.79 Å². The van der Waals surface area contributed by atoms with Gasteiger partial charge in [0, 0.05) is 18.0 Å². The van der Waals surface area contributed by atoms with Crippen molar-refractivity contribution in [3.8, 4) is 0 Å². The molecule has 2 atom stereocenters. The summed E-state index contributed by atoms with van der Waals surface area (Å²) in [6.07, 6.45) is 12.6. The van der Waals surface area contributed by atoms with Gasteiger partial charge in [-0.25, -0.2) is 0 Å². The zero-order valence-corrected chi connectivity index (χ0v) is 13.1. The maximum atomic E-state index is 12.9. The Labute approximate surface area is 128 Å². The Morgan fingerprint density at radius 1 is 0.857 bits per heavy atom. The number of hydrogen-bond donors (Lipinski definition) is 2. The second-order valence-electron chi connectivity index (χ2n) is 8.37. The van der Waals surface area contributed by atoms with E-state index in [2.05, 4.69) is 5.32 Å². The molecule has 3 N–H and O–H groups in total. The number of carbonyl (C=O) groups excluding carboxylic acids is 1. The van der Waals surface area contributed by atoms with Gasteiger partial charge in [-0.2, -0.15) is 0 Å². The van der Waals surface area contributed by atoms with Crippen LogP contribution in [0, 0.1) is 29.6 Å². The van der Waals surface area contributed by atoms with E-state index in [1.807, 2.05) is 0 Å². The minimum Gasteiger partial charge on any atom is -0.352 e. The van der Waals surface area contributed by atoms with Crippen molar-refractivity contribution in [3.05, 3.63) is 0 Å². The van der Waals surface area contributed by atoms with Gasteiger partial charge in [0.1, 0.15) is 0 Å². The van der Waals surface area contributed by atoms with Crippen LogP contribution in [0.3, 0.4) is 0 Å². The van der Waals surface area contributed by atoms with Crippen LogP contribution in [0.2, 0.25) is 0 Å². The van der Waals surface area contributed by atoms with Gasteiger partial charge >= 0.3 is 0 Å². The van der Waals surface area contributed by atoms with Crippen LogP contribution in [0.5, 0.6) is 0 Å². The summed E-state index contributed by atoms with van der Waals surface area (Å²) in [5.41, 5.74) is 6.29. The number of nitrogens with one attached hydrogen (secondary N) is 1. The number of amides is 1. The molecule has 0 aromatic rings. The molecule has 5 fully saturated rings. The van der Waals surface area contributed by atoms with E-state index < -0.39 is 0 Å². The Morgan fingerprint density at radius 2 is 1.48 bits per heavy atom. The lowest BCUT2D eigenvalue weighted by Crippen LogP contribution is -2.55. The first kappa shape index (κ1) is 14.0. The summed E-state index contributed by atoms with van der Waals surface area (Å²) < 4.78 is 0. The van der Waals surface area contributed by atoms with Crippen molar-refractivity contribution >= 4 is 5.91 Å². The zero-order valence-electron chi connectivity index (χ0n) is 13.1. The molecule has 2 unspecified atom stereocenters. The SMILES string of the molecule is NC1CCCCCC1NC(=O)C1C2CC3CC(C2)CC1C3. The lowest BCUT2D eigenvalue weighted by atomic mass is 9.51. The number of rotatable bonds is 2. The fourth-order valence-corrected chi connectivity index (χ4v) is 6.15. The fourth-order valence-electron chi connectivity index (χ4n) is 6.15. The molecule has 0 aromatic carbocycles. The Kier molecular flexibility index (Phi) is 3.72. The molecule has 5 aliphatic carbocycles. The summed E-state index contributed by atoms with van der Waals surface area (Å²) in [6.45, 7) is 0. The summed E-state index contributed by atoms with van der Waals surface area (Å²) in [5, 5.41) is 3.37. The van der Waals surface area contributed by atoms with Crippen molar-refractivity contribution in [2.45, 2.75) is 76.3 Å². The maximum absolute atomic E-state index is 12.9. The van der Waals surface area contributed by atoms with Gasteiger partial charge < -0.3 is 11.1 Å². The second kappa shape index (κ2) is 5.57. The Morgan fingerprint density at radius 3 is 2.14 bits per heavy atom. The quantitative estimate of drug-likeness (QED) is 0.768. The van der Waals surface area contributed by atoms with E-state index in [1.54, 1.807) is 0 Å². The van der Waals surface area contributed by atoms with E-state index >= 15 is 0 Å². The molecule has 5 rings (SSSR count). The highest BCUT2D eigenvalue weighted by Gasteiger charge is 2.50. The monoisotopic (exact) mass is 290 g/mol. The molecule has 21 heavy (non-hydrogen) atoms. The third kappa shape index (κ3) is 2.62. The molecule has 0 radical (unpaired) electrons. The summed E-state index contributed by atoms with van der Waals surface area (Å²) in [4.78, 5) is 12.9. The van der Waals surface area contributed by atoms with Crippen molar-refractivity contribution in [1.29, 1.82) is 0 Å². The largest absolute Gasteiger partial charge is 0.352 e. The zero-order chi connectivity index (χ0) is 14.4. The lowest BCUT2D eigenvalue weighted by Gasteiger charge is -2.53. The molecule has 5 aliphatic rings. The van der Waals surface area contributed by atoms with Crippen LogP contribution >= 0.6 is 0 Å². The predicted octanol–water partition coefficient (Wildman–Crippen LogP) is 2.83. The van der Waals surface area contributed by atoms with Crippen molar-refractivity contribution in [3.63, 3.8) is 0 Å². The van der Waals surface area contributed by atoms with Crippen molar-refractivity contribution in [2.75, 3.05) is 0 Å². The Hall–Kier alpha value is -0.570. The molecule has 3 nitrogen and oxygen atoms in total. The van der Waals surface area contributed by atoms with Crippen molar-refractivity contribution in [1.82, 2.24) is 5.32 Å². The van der Waals surface area contributed by atoms with Gasteiger partial charge in [-0.15, -0.1) is 0 Å². The van der Waals surface area contributed by atoms with Gasteiger partial charge in [0.25, 0.3) is 0 Å². The van der Waals surface area contributed by atoms with E-state index in [1.165, 1.54) is 51.4 Å². The van der Waals surface area contributed by atoms with Crippen LogP contribution in [0.25, 0.3) is 0 Å².